The average molecular weight is 561 g/mol. The second kappa shape index (κ2) is 11.4. The van der Waals surface area contributed by atoms with Crippen LogP contribution in [0.4, 0.5) is 0 Å². The molecule has 0 fully saturated rings. The van der Waals surface area contributed by atoms with E-state index >= 15 is 0 Å². The summed E-state index contributed by atoms with van der Waals surface area (Å²) in [7, 11) is 0. The predicted octanol–water partition coefficient (Wildman–Crippen LogP) is 9.64. The van der Waals surface area contributed by atoms with Gasteiger partial charge in [0, 0.05) is 29.3 Å². The molecule has 2 aliphatic rings. The van der Waals surface area contributed by atoms with Crippen LogP contribution >= 0.6 is 34.0 Å². The van der Waals surface area contributed by atoms with E-state index in [0.29, 0.717) is 0 Å². The smallest absolute Gasteiger partial charge is 0.132 e. The Bertz CT molecular complexity index is 1610. The van der Waals surface area contributed by atoms with E-state index in [4.69, 9.17) is 0 Å². The van der Waals surface area contributed by atoms with E-state index in [0.717, 1.165) is 49.7 Å². The molecule has 0 aromatic carbocycles. The lowest BCUT2D eigenvalue weighted by atomic mass is 9.92. The number of rotatable bonds is 4. The molecule has 0 saturated heterocycles. The Morgan fingerprint density at radius 2 is 0.949 bits per heavy atom. The highest BCUT2D eigenvalue weighted by Gasteiger charge is 2.21. The first-order valence-corrected chi connectivity index (χ1v) is 15.2. The van der Waals surface area contributed by atoms with Crippen molar-refractivity contribution in [2.45, 2.75) is 52.4 Å². The van der Waals surface area contributed by atoms with Crippen molar-refractivity contribution in [1.29, 1.82) is 21.0 Å². The molecule has 0 saturated carbocycles. The summed E-state index contributed by atoms with van der Waals surface area (Å²) in [6, 6.07) is 16.9. The highest BCUT2D eigenvalue weighted by molar-refractivity contribution is 7.27. The van der Waals surface area contributed by atoms with Crippen molar-refractivity contribution in [2.75, 3.05) is 0 Å². The van der Waals surface area contributed by atoms with E-state index < -0.39 is 0 Å². The Labute approximate surface area is 241 Å². The highest BCUT2D eigenvalue weighted by atomic mass is 32.1. The molecule has 3 heterocycles. The monoisotopic (exact) mass is 560 g/mol. The first kappa shape index (κ1) is 26.6. The van der Waals surface area contributed by atoms with E-state index in [-0.39, 0.29) is 11.1 Å². The Kier molecular flexibility index (Phi) is 7.79. The first-order valence-electron chi connectivity index (χ1n) is 12.8. The van der Waals surface area contributed by atoms with Crippen LogP contribution in [0.5, 0.6) is 0 Å². The standard InChI is InChI=1S/C32H24N4S3/c1-19-20(2)32(30-12-10-28(38-30)24-8-4-6-22(14-24)26(17-35)18-36)39-31(19)29-11-9-27(37-29)23-7-3-5-21(13-23)25(15-33)16-34/h9-14H,3-8H2,1-2H3. The number of hydrogen-bond donors (Lipinski definition) is 0. The number of thiophene rings is 3. The van der Waals surface area contributed by atoms with Crippen LogP contribution in [0.3, 0.4) is 0 Å². The molecule has 0 bridgehead atoms. The summed E-state index contributed by atoms with van der Waals surface area (Å²) in [6.07, 6.45) is 9.45. The lowest BCUT2D eigenvalue weighted by Crippen LogP contribution is -1.95. The molecule has 4 nitrogen and oxygen atoms in total. The van der Waals surface area contributed by atoms with Crippen LogP contribution in [0.15, 0.2) is 58.7 Å². The summed E-state index contributed by atoms with van der Waals surface area (Å²) in [5.41, 5.74) is 7.14. The number of nitrogens with zero attached hydrogens (tertiary/aromatic N) is 4. The zero-order chi connectivity index (χ0) is 27.5. The molecular formula is C32H24N4S3. The molecule has 3 aromatic rings. The molecular weight excluding hydrogens is 537 g/mol. The van der Waals surface area contributed by atoms with E-state index in [1.807, 2.05) is 47.8 Å². The van der Waals surface area contributed by atoms with Crippen molar-refractivity contribution in [3.63, 3.8) is 0 Å². The molecule has 5 rings (SSSR count). The lowest BCUT2D eigenvalue weighted by Gasteiger charge is -2.14. The van der Waals surface area contributed by atoms with Crippen LogP contribution in [-0.4, -0.2) is 0 Å². The average Bonchev–Trinajstić information content (AvgIpc) is 3.71. The second-order valence-electron chi connectivity index (χ2n) is 9.63. The van der Waals surface area contributed by atoms with Crippen LogP contribution in [0.2, 0.25) is 0 Å². The zero-order valence-electron chi connectivity index (χ0n) is 21.7. The zero-order valence-corrected chi connectivity index (χ0v) is 24.2. The summed E-state index contributed by atoms with van der Waals surface area (Å²) in [5.74, 6) is 0. The van der Waals surface area contributed by atoms with Crippen molar-refractivity contribution >= 4 is 45.2 Å². The fourth-order valence-corrected chi connectivity index (χ4v) is 8.85. The molecule has 0 amide bonds. The van der Waals surface area contributed by atoms with E-state index in [1.165, 1.54) is 51.5 Å². The van der Waals surface area contributed by atoms with Gasteiger partial charge in [0.2, 0.25) is 0 Å². The summed E-state index contributed by atoms with van der Waals surface area (Å²) in [6.45, 7) is 4.38. The van der Waals surface area contributed by atoms with Crippen LogP contribution in [-0.2, 0) is 0 Å². The molecule has 39 heavy (non-hydrogen) atoms. The van der Waals surface area contributed by atoms with Gasteiger partial charge in [-0.3, -0.25) is 0 Å². The summed E-state index contributed by atoms with van der Waals surface area (Å²) in [5, 5.41) is 37.1. The van der Waals surface area contributed by atoms with Gasteiger partial charge in [0.25, 0.3) is 0 Å². The summed E-state index contributed by atoms with van der Waals surface area (Å²) < 4.78 is 0. The Morgan fingerprint density at radius 1 is 0.564 bits per heavy atom. The molecule has 0 unspecified atom stereocenters. The third kappa shape index (κ3) is 5.18. The minimum absolute atomic E-state index is 0.223. The quantitative estimate of drug-likeness (QED) is 0.297. The predicted molar refractivity (Wildman–Crippen MR) is 161 cm³/mol. The van der Waals surface area contributed by atoms with E-state index in [2.05, 4.69) is 38.1 Å². The third-order valence-electron chi connectivity index (χ3n) is 7.31. The van der Waals surface area contributed by atoms with Gasteiger partial charge in [-0.05, 0) is 110 Å². The van der Waals surface area contributed by atoms with Crippen LogP contribution < -0.4 is 0 Å². The molecule has 0 aliphatic heterocycles. The van der Waals surface area contributed by atoms with Gasteiger partial charge in [-0.1, -0.05) is 12.2 Å². The Morgan fingerprint density at radius 3 is 1.33 bits per heavy atom. The van der Waals surface area contributed by atoms with Gasteiger partial charge in [-0.15, -0.1) is 34.0 Å². The fraction of sp³-hybridized carbons (Fsp3) is 0.250. The topological polar surface area (TPSA) is 95.2 Å². The van der Waals surface area contributed by atoms with E-state index in [1.54, 1.807) is 22.7 Å². The SMILES string of the molecule is Cc1c(-c2ccc(C3=CC(=C(C#N)C#N)CCC3)s2)sc(-c2ccc(C3=CC(=C(C#N)C#N)CCC3)s2)c1C. The maximum atomic E-state index is 9.29. The van der Waals surface area contributed by atoms with Crippen LogP contribution in [0.25, 0.3) is 30.7 Å². The van der Waals surface area contributed by atoms with E-state index in [9.17, 15) is 21.0 Å². The van der Waals surface area contributed by atoms with Gasteiger partial charge >= 0.3 is 0 Å². The molecule has 7 heteroatoms. The van der Waals surface area contributed by atoms with Gasteiger partial charge in [0.1, 0.15) is 35.4 Å². The van der Waals surface area contributed by atoms with Crippen molar-refractivity contribution in [1.82, 2.24) is 0 Å². The van der Waals surface area contributed by atoms with Gasteiger partial charge in [0.15, 0.2) is 0 Å². The molecule has 0 spiro atoms. The maximum Gasteiger partial charge on any atom is 0.132 e. The van der Waals surface area contributed by atoms with Crippen LogP contribution in [0, 0.1) is 59.2 Å². The van der Waals surface area contributed by atoms with Gasteiger partial charge in [-0.2, -0.15) is 21.0 Å². The molecule has 190 valence electrons. The number of allylic oxidation sites excluding steroid dienone is 8. The number of nitriles is 4. The minimum Gasteiger partial charge on any atom is -0.192 e. The second-order valence-corrected chi connectivity index (χ2v) is 12.8. The molecule has 2 aliphatic carbocycles. The molecule has 0 radical (unpaired) electrons. The Balaban J connectivity index is 1.46. The van der Waals surface area contributed by atoms with Crippen molar-refractivity contribution in [2.24, 2.45) is 0 Å². The Hall–Kier alpha value is -3.98. The highest BCUT2D eigenvalue weighted by Crippen LogP contribution is 2.47. The van der Waals surface area contributed by atoms with Gasteiger partial charge < -0.3 is 0 Å². The lowest BCUT2D eigenvalue weighted by molar-refractivity contribution is 0.833. The first-order chi connectivity index (χ1) is 19.0. The number of hydrogen-bond acceptors (Lipinski definition) is 7. The van der Waals surface area contributed by atoms with Gasteiger partial charge in [-0.25, -0.2) is 0 Å². The largest absolute Gasteiger partial charge is 0.192 e. The molecule has 3 aromatic heterocycles. The van der Waals surface area contributed by atoms with Gasteiger partial charge in [0.05, 0.1) is 0 Å². The summed E-state index contributed by atoms with van der Waals surface area (Å²) in [4.78, 5) is 7.44. The summed E-state index contributed by atoms with van der Waals surface area (Å²) >= 11 is 5.39. The minimum atomic E-state index is 0.223. The van der Waals surface area contributed by atoms with Crippen molar-refractivity contribution in [3.05, 3.63) is 79.6 Å². The van der Waals surface area contributed by atoms with Crippen molar-refractivity contribution < 1.29 is 0 Å². The molecule has 0 N–H and O–H groups in total. The fourth-order valence-electron chi connectivity index (χ4n) is 5.10. The van der Waals surface area contributed by atoms with Crippen LogP contribution in [0.1, 0.15) is 59.4 Å². The maximum absolute atomic E-state index is 9.29. The normalized spacial score (nSPS) is 14.9. The molecule has 0 atom stereocenters. The van der Waals surface area contributed by atoms with Crippen molar-refractivity contribution in [3.8, 4) is 43.8 Å². The third-order valence-corrected chi connectivity index (χ3v) is 11.4.